The first-order valence-electron chi connectivity index (χ1n) is 5.70. The van der Waals surface area contributed by atoms with Crippen molar-refractivity contribution in [2.24, 2.45) is 0 Å². The molecule has 2 aromatic rings. The molecule has 0 saturated carbocycles. The molecule has 2 rings (SSSR count). The number of nitrogen functional groups attached to an aromatic ring is 1. The van der Waals surface area contributed by atoms with Gasteiger partial charge in [0.15, 0.2) is 0 Å². The monoisotopic (exact) mass is 231 g/mol. The Morgan fingerprint density at radius 1 is 1.41 bits per heavy atom. The molecule has 0 aliphatic heterocycles. The van der Waals surface area contributed by atoms with Crippen LogP contribution < -0.4 is 11.1 Å². The lowest BCUT2D eigenvalue weighted by Gasteiger charge is -2.08. The van der Waals surface area contributed by atoms with Crippen LogP contribution in [-0.4, -0.2) is 21.3 Å². The second-order valence-electron chi connectivity index (χ2n) is 3.94. The van der Waals surface area contributed by atoms with E-state index < -0.39 is 0 Å². The number of rotatable bonds is 5. The number of pyridine rings is 1. The quantitative estimate of drug-likeness (QED) is 0.768. The molecular formula is C12H17N5. The third-order valence-electron chi connectivity index (χ3n) is 2.48. The fourth-order valence-corrected chi connectivity index (χ4v) is 1.59. The molecule has 0 atom stereocenters. The zero-order chi connectivity index (χ0) is 12.1. The van der Waals surface area contributed by atoms with Gasteiger partial charge < -0.3 is 11.1 Å². The molecule has 0 spiro atoms. The van der Waals surface area contributed by atoms with Gasteiger partial charge in [-0.05, 0) is 31.5 Å². The summed E-state index contributed by atoms with van der Waals surface area (Å²) >= 11 is 0. The smallest absolute Gasteiger partial charge is 0.149 e. The van der Waals surface area contributed by atoms with Gasteiger partial charge in [0.25, 0.3) is 0 Å². The third kappa shape index (κ3) is 3.21. The summed E-state index contributed by atoms with van der Waals surface area (Å²) in [5, 5.41) is 7.38. The van der Waals surface area contributed by atoms with E-state index in [2.05, 4.69) is 15.4 Å². The molecule has 0 aliphatic rings. The van der Waals surface area contributed by atoms with E-state index in [4.69, 9.17) is 5.73 Å². The Morgan fingerprint density at radius 3 is 3.06 bits per heavy atom. The van der Waals surface area contributed by atoms with Crippen LogP contribution in [0.25, 0.3) is 0 Å². The second kappa shape index (κ2) is 5.34. The number of aryl methyl sites for hydroxylation is 2. The summed E-state index contributed by atoms with van der Waals surface area (Å²) in [7, 11) is 0. The van der Waals surface area contributed by atoms with E-state index in [1.165, 1.54) is 0 Å². The standard InChI is InChI=1S/C12H17N5/c1-10-4-5-11(13)12(16-10)14-6-2-8-17-9-3-7-15-17/h3-5,7,9H,2,6,8,13H2,1H3,(H,14,16). The summed E-state index contributed by atoms with van der Waals surface area (Å²) in [6.07, 6.45) is 4.73. The number of nitrogens with one attached hydrogen (secondary N) is 1. The first-order chi connectivity index (χ1) is 8.25. The zero-order valence-electron chi connectivity index (χ0n) is 9.93. The first-order valence-corrected chi connectivity index (χ1v) is 5.70. The second-order valence-corrected chi connectivity index (χ2v) is 3.94. The Hall–Kier alpha value is -2.04. The summed E-state index contributed by atoms with van der Waals surface area (Å²) in [5.74, 6) is 0.769. The van der Waals surface area contributed by atoms with Crippen LogP contribution in [0.2, 0.25) is 0 Å². The maximum absolute atomic E-state index is 5.82. The van der Waals surface area contributed by atoms with Gasteiger partial charge in [-0.3, -0.25) is 4.68 Å². The Bertz CT molecular complexity index is 464. The third-order valence-corrected chi connectivity index (χ3v) is 2.48. The van der Waals surface area contributed by atoms with Crippen molar-refractivity contribution in [1.29, 1.82) is 0 Å². The fourth-order valence-electron chi connectivity index (χ4n) is 1.59. The number of anilines is 2. The minimum absolute atomic E-state index is 0.690. The van der Waals surface area contributed by atoms with Gasteiger partial charge >= 0.3 is 0 Å². The molecule has 0 saturated heterocycles. The molecule has 0 fully saturated rings. The molecule has 17 heavy (non-hydrogen) atoms. The zero-order valence-corrected chi connectivity index (χ0v) is 9.93. The van der Waals surface area contributed by atoms with Crippen LogP contribution >= 0.6 is 0 Å². The van der Waals surface area contributed by atoms with Crippen LogP contribution in [0, 0.1) is 6.92 Å². The average molecular weight is 231 g/mol. The van der Waals surface area contributed by atoms with Crippen molar-refractivity contribution in [3.8, 4) is 0 Å². The van der Waals surface area contributed by atoms with Gasteiger partial charge in [-0.1, -0.05) is 0 Å². The molecule has 0 aromatic carbocycles. The van der Waals surface area contributed by atoms with Crippen LogP contribution in [0.5, 0.6) is 0 Å². The predicted octanol–water partition coefficient (Wildman–Crippen LogP) is 1.67. The highest BCUT2D eigenvalue weighted by molar-refractivity contribution is 5.61. The van der Waals surface area contributed by atoms with Gasteiger partial charge in [-0.2, -0.15) is 5.10 Å². The minimum Gasteiger partial charge on any atom is -0.396 e. The average Bonchev–Trinajstić information content (AvgIpc) is 2.82. The van der Waals surface area contributed by atoms with E-state index in [0.29, 0.717) is 5.69 Å². The fraction of sp³-hybridized carbons (Fsp3) is 0.333. The topological polar surface area (TPSA) is 68.8 Å². The molecule has 0 bridgehead atoms. The lowest BCUT2D eigenvalue weighted by Crippen LogP contribution is -2.09. The van der Waals surface area contributed by atoms with Crippen LogP contribution in [-0.2, 0) is 6.54 Å². The summed E-state index contributed by atoms with van der Waals surface area (Å²) in [6.45, 7) is 3.68. The number of nitrogens with zero attached hydrogens (tertiary/aromatic N) is 3. The van der Waals surface area contributed by atoms with Crippen molar-refractivity contribution >= 4 is 11.5 Å². The van der Waals surface area contributed by atoms with E-state index in [1.54, 1.807) is 6.20 Å². The van der Waals surface area contributed by atoms with Crippen molar-refractivity contribution < 1.29 is 0 Å². The van der Waals surface area contributed by atoms with Crippen molar-refractivity contribution in [3.05, 3.63) is 36.3 Å². The SMILES string of the molecule is Cc1ccc(N)c(NCCCn2cccn2)n1. The largest absolute Gasteiger partial charge is 0.396 e. The molecule has 2 aromatic heterocycles. The van der Waals surface area contributed by atoms with Crippen molar-refractivity contribution in [2.75, 3.05) is 17.6 Å². The highest BCUT2D eigenvalue weighted by Crippen LogP contribution is 2.14. The van der Waals surface area contributed by atoms with Gasteiger partial charge in [0.2, 0.25) is 0 Å². The molecule has 2 heterocycles. The molecular weight excluding hydrogens is 214 g/mol. The molecule has 0 unspecified atom stereocenters. The number of hydrogen-bond acceptors (Lipinski definition) is 4. The van der Waals surface area contributed by atoms with Crippen LogP contribution in [0.1, 0.15) is 12.1 Å². The van der Waals surface area contributed by atoms with Gasteiger partial charge in [0.1, 0.15) is 5.82 Å². The van der Waals surface area contributed by atoms with Crippen molar-refractivity contribution in [1.82, 2.24) is 14.8 Å². The maximum atomic E-state index is 5.82. The molecule has 5 heteroatoms. The number of nitrogens with two attached hydrogens (primary N) is 1. The van der Waals surface area contributed by atoms with E-state index in [0.717, 1.165) is 31.0 Å². The lowest BCUT2D eigenvalue weighted by molar-refractivity contribution is 0.591. The highest BCUT2D eigenvalue weighted by Gasteiger charge is 2.00. The molecule has 0 aliphatic carbocycles. The van der Waals surface area contributed by atoms with Gasteiger partial charge in [-0.25, -0.2) is 4.98 Å². The van der Waals surface area contributed by atoms with Crippen LogP contribution in [0.3, 0.4) is 0 Å². The van der Waals surface area contributed by atoms with E-state index in [9.17, 15) is 0 Å². The summed E-state index contributed by atoms with van der Waals surface area (Å²) in [5.41, 5.74) is 7.48. The molecule has 5 nitrogen and oxygen atoms in total. The minimum atomic E-state index is 0.690. The summed E-state index contributed by atoms with van der Waals surface area (Å²) < 4.78 is 1.91. The van der Waals surface area contributed by atoms with Gasteiger partial charge in [-0.15, -0.1) is 0 Å². The first kappa shape index (κ1) is 11.4. The predicted molar refractivity (Wildman–Crippen MR) is 68.7 cm³/mol. The van der Waals surface area contributed by atoms with Crippen LogP contribution in [0.15, 0.2) is 30.6 Å². The van der Waals surface area contributed by atoms with Gasteiger partial charge in [0, 0.05) is 31.2 Å². The van der Waals surface area contributed by atoms with Crippen LogP contribution in [0.4, 0.5) is 11.5 Å². The molecule has 0 amide bonds. The Balaban J connectivity index is 1.80. The van der Waals surface area contributed by atoms with Gasteiger partial charge in [0.05, 0.1) is 5.69 Å². The van der Waals surface area contributed by atoms with E-state index in [-0.39, 0.29) is 0 Å². The summed E-state index contributed by atoms with van der Waals surface area (Å²) in [6, 6.07) is 5.70. The molecule has 90 valence electrons. The lowest BCUT2D eigenvalue weighted by atomic mass is 10.3. The maximum Gasteiger partial charge on any atom is 0.149 e. The highest BCUT2D eigenvalue weighted by atomic mass is 15.3. The molecule has 0 radical (unpaired) electrons. The Kier molecular flexibility index (Phi) is 3.59. The summed E-state index contributed by atoms with van der Waals surface area (Å²) in [4.78, 5) is 4.35. The number of aromatic nitrogens is 3. The Labute approximate surface area is 101 Å². The van der Waals surface area contributed by atoms with Crippen molar-refractivity contribution in [2.45, 2.75) is 19.9 Å². The Morgan fingerprint density at radius 2 is 2.29 bits per heavy atom. The normalized spacial score (nSPS) is 10.4. The van der Waals surface area contributed by atoms with E-state index in [1.807, 2.05) is 36.0 Å². The van der Waals surface area contributed by atoms with Crippen molar-refractivity contribution in [3.63, 3.8) is 0 Å². The molecule has 3 N–H and O–H groups in total. The van der Waals surface area contributed by atoms with E-state index >= 15 is 0 Å². The number of hydrogen-bond donors (Lipinski definition) is 2.